The van der Waals surface area contributed by atoms with E-state index in [-0.39, 0.29) is 24.0 Å². The fourth-order valence-corrected chi connectivity index (χ4v) is 5.44. The van der Waals surface area contributed by atoms with Crippen LogP contribution in [0.25, 0.3) is 5.52 Å². The summed E-state index contributed by atoms with van der Waals surface area (Å²) in [6.45, 7) is 2.07. The molecule has 0 aliphatic carbocycles. The minimum absolute atomic E-state index is 0.0705. The number of fused-ring (bicyclic) bond motifs is 2. The van der Waals surface area contributed by atoms with E-state index in [4.69, 9.17) is 0 Å². The molecular formula is C26H25N5O5. The van der Waals surface area contributed by atoms with Crippen LogP contribution < -0.4 is 5.32 Å². The van der Waals surface area contributed by atoms with Gasteiger partial charge in [0.2, 0.25) is 11.8 Å². The molecule has 2 saturated heterocycles. The second-order valence-corrected chi connectivity index (χ2v) is 9.75. The van der Waals surface area contributed by atoms with Crippen LogP contribution in [0.1, 0.15) is 57.5 Å². The molecule has 5 heterocycles. The number of aromatic nitrogens is 2. The molecular weight excluding hydrogens is 462 g/mol. The number of hydrogen-bond acceptors (Lipinski definition) is 7. The van der Waals surface area contributed by atoms with Crippen molar-refractivity contribution >= 4 is 29.1 Å². The van der Waals surface area contributed by atoms with Gasteiger partial charge in [0.15, 0.2) is 0 Å². The molecule has 3 aliphatic heterocycles. The van der Waals surface area contributed by atoms with Gasteiger partial charge in [-0.3, -0.25) is 34.3 Å². The molecule has 2 fully saturated rings. The van der Waals surface area contributed by atoms with E-state index in [0.29, 0.717) is 31.5 Å². The van der Waals surface area contributed by atoms with Gasteiger partial charge in [0, 0.05) is 38.4 Å². The average molecular weight is 488 g/mol. The summed E-state index contributed by atoms with van der Waals surface area (Å²) in [4.78, 5) is 53.1. The van der Waals surface area contributed by atoms with Crippen LogP contribution in [-0.2, 0) is 21.7 Å². The molecule has 10 heteroatoms. The number of rotatable bonds is 4. The van der Waals surface area contributed by atoms with Gasteiger partial charge in [0.25, 0.3) is 11.8 Å². The first kappa shape index (κ1) is 22.6. The van der Waals surface area contributed by atoms with Crippen LogP contribution in [0.4, 0.5) is 0 Å². The van der Waals surface area contributed by atoms with Crippen LogP contribution in [0.2, 0.25) is 0 Å². The van der Waals surface area contributed by atoms with Crippen LogP contribution in [-0.4, -0.2) is 67.3 Å². The monoisotopic (exact) mass is 487 g/mol. The van der Waals surface area contributed by atoms with E-state index in [1.807, 2.05) is 22.8 Å². The number of carbonyl (C=O) groups excluding carboxylic acids is 4. The molecule has 10 nitrogen and oxygen atoms in total. The maximum absolute atomic E-state index is 13.1. The molecule has 2 N–H and O–H groups in total. The van der Waals surface area contributed by atoms with E-state index in [2.05, 4.69) is 21.4 Å². The average Bonchev–Trinajstić information content (AvgIpc) is 3.43. The molecule has 1 aromatic carbocycles. The highest BCUT2D eigenvalue weighted by atomic mass is 16.3. The van der Waals surface area contributed by atoms with Crippen molar-refractivity contribution in [2.75, 3.05) is 13.1 Å². The van der Waals surface area contributed by atoms with Gasteiger partial charge in [-0.05, 0) is 54.7 Å². The van der Waals surface area contributed by atoms with Crippen molar-refractivity contribution in [2.45, 2.75) is 43.9 Å². The summed E-state index contributed by atoms with van der Waals surface area (Å²) < 4.78 is 1.84. The number of amides is 4. The number of benzene rings is 1. The SMILES string of the molecule is O=C1CCC(N2C(=O)c3ccc(C4(O)CCN(Cc5ccc6ccnn6c5)CC4)cc3C2=O)C(=O)N1. The molecule has 6 rings (SSSR count). The number of aliphatic hydroxyl groups is 1. The highest BCUT2D eigenvalue weighted by Crippen LogP contribution is 2.36. The van der Waals surface area contributed by atoms with E-state index < -0.39 is 35.3 Å². The van der Waals surface area contributed by atoms with Gasteiger partial charge in [-0.15, -0.1) is 0 Å². The first-order valence-electron chi connectivity index (χ1n) is 12.1. The summed E-state index contributed by atoms with van der Waals surface area (Å²) in [7, 11) is 0. The van der Waals surface area contributed by atoms with Crippen molar-refractivity contribution < 1.29 is 24.3 Å². The standard InChI is InChI=1S/C26H25N5O5/c32-22-6-5-21(23(33)28-22)31-24(34)19-4-2-17(13-20(19)25(31)35)26(36)8-11-29(12-9-26)14-16-1-3-18-7-10-27-30(18)15-16/h1-4,7,10,13,15,21,36H,5-6,8-9,11-12,14H2,(H,28,32,33). The minimum Gasteiger partial charge on any atom is -0.385 e. The molecule has 0 radical (unpaired) electrons. The molecule has 3 aromatic rings. The Bertz CT molecular complexity index is 1420. The molecule has 1 unspecified atom stereocenters. The van der Waals surface area contributed by atoms with E-state index >= 15 is 0 Å². The Hall–Kier alpha value is -3.89. The number of likely N-dealkylation sites (tertiary alicyclic amines) is 1. The smallest absolute Gasteiger partial charge is 0.262 e. The zero-order valence-electron chi connectivity index (χ0n) is 19.5. The summed E-state index contributed by atoms with van der Waals surface area (Å²) in [5, 5.41) is 17.9. The Morgan fingerprint density at radius 2 is 1.78 bits per heavy atom. The third-order valence-corrected chi connectivity index (χ3v) is 7.52. The van der Waals surface area contributed by atoms with Crippen molar-refractivity contribution in [3.05, 3.63) is 71.0 Å². The number of piperidine rings is 2. The Kier molecular flexibility index (Phi) is 5.24. The van der Waals surface area contributed by atoms with Crippen LogP contribution in [0.5, 0.6) is 0 Å². The Labute approximate surface area is 206 Å². The van der Waals surface area contributed by atoms with Crippen LogP contribution in [0, 0.1) is 0 Å². The number of nitrogens with one attached hydrogen (secondary N) is 1. The normalized spacial score (nSPS) is 22.2. The van der Waals surface area contributed by atoms with E-state index in [1.165, 1.54) is 0 Å². The van der Waals surface area contributed by atoms with Gasteiger partial charge in [-0.1, -0.05) is 12.1 Å². The lowest BCUT2D eigenvalue weighted by atomic mass is 9.83. The number of nitrogens with zero attached hydrogens (tertiary/aromatic N) is 4. The second kappa shape index (κ2) is 8.35. The van der Waals surface area contributed by atoms with E-state index in [9.17, 15) is 24.3 Å². The summed E-state index contributed by atoms with van der Waals surface area (Å²) in [6.07, 6.45) is 4.91. The maximum Gasteiger partial charge on any atom is 0.262 e. The summed E-state index contributed by atoms with van der Waals surface area (Å²) in [5.74, 6) is -2.17. The first-order valence-corrected chi connectivity index (χ1v) is 12.1. The van der Waals surface area contributed by atoms with Crippen molar-refractivity contribution in [1.82, 2.24) is 24.7 Å². The molecule has 184 valence electrons. The molecule has 0 saturated carbocycles. The predicted molar refractivity (Wildman–Crippen MR) is 127 cm³/mol. The van der Waals surface area contributed by atoms with Crippen molar-refractivity contribution in [3.63, 3.8) is 0 Å². The molecule has 0 bridgehead atoms. The van der Waals surface area contributed by atoms with E-state index in [1.54, 1.807) is 24.4 Å². The summed E-state index contributed by atoms with van der Waals surface area (Å²) >= 11 is 0. The minimum atomic E-state index is -1.12. The Morgan fingerprint density at radius 1 is 1.00 bits per heavy atom. The van der Waals surface area contributed by atoms with Crippen LogP contribution >= 0.6 is 0 Å². The Morgan fingerprint density at radius 3 is 2.56 bits per heavy atom. The number of carbonyl (C=O) groups is 4. The highest BCUT2D eigenvalue weighted by molar-refractivity contribution is 6.23. The summed E-state index contributed by atoms with van der Waals surface area (Å²) in [5.41, 5.74) is 2.03. The quantitative estimate of drug-likeness (QED) is 0.530. The molecule has 36 heavy (non-hydrogen) atoms. The van der Waals surface area contributed by atoms with Crippen molar-refractivity contribution in [3.8, 4) is 0 Å². The van der Waals surface area contributed by atoms with Gasteiger partial charge in [-0.25, -0.2) is 4.52 Å². The van der Waals surface area contributed by atoms with Crippen LogP contribution in [0.15, 0.2) is 48.8 Å². The molecule has 1 atom stereocenters. The second-order valence-electron chi connectivity index (χ2n) is 9.75. The third-order valence-electron chi connectivity index (χ3n) is 7.52. The predicted octanol–water partition coefficient (Wildman–Crippen LogP) is 1.22. The zero-order chi connectivity index (χ0) is 25.0. The van der Waals surface area contributed by atoms with Crippen molar-refractivity contribution in [1.29, 1.82) is 0 Å². The van der Waals surface area contributed by atoms with Gasteiger partial charge in [-0.2, -0.15) is 5.10 Å². The molecule has 0 spiro atoms. The largest absolute Gasteiger partial charge is 0.385 e. The first-order chi connectivity index (χ1) is 17.3. The fraction of sp³-hybridized carbons (Fsp3) is 0.346. The molecule has 3 aliphatic rings. The lowest BCUT2D eigenvalue weighted by molar-refractivity contribution is -0.136. The lowest BCUT2D eigenvalue weighted by Gasteiger charge is -2.38. The van der Waals surface area contributed by atoms with Crippen LogP contribution in [0.3, 0.4) is 0 Å². The van der Waals surface area contributed by atoms with Gasteiger partial charge < -0.3 is 5.11 Å². The summed E-state index contributed by atoms with van der Waals surface area (Å²) in [6, 6.07) is 9.89. The molecule has 2 aromatic heterocycles. The maximum atomic E-state index is 13.1. The lowest BCUT2D eigenvalue weighted by Crippen LogP contribution is -2.54. The van der Waals surface area contributed by atoms with Gasteiger partial charge in [0.05, 0.1) is 22.2 Å². The fourth-order valence-electron chi connectivity index (χ4n) is 5.44. The number of imide groups is 2. The third kappa shape index (κ3) is 3.69. The van der Waals surface area contributed by atoms with Gasteiger partial charge in [0.1, 0.15) is 6.04 Å². The number of pyridine rings is 1. The van der Waals surface area contributed by atoms with E-state index in [0.717, 1.165) is 22.5 Å². The van der Waals surface area contributed by atoms with Crippen molar-refractivity contribution in [2.24, 2.45) is 0 Å². The topological polar surface area (TPSA) is 124 Å². The van der Waals surface area contributed by atoms with Gasteiger partial charge >= 0.3 is 0 Å². The molecule has 4 amide bonds. The number of hydrogen-bond donors (Lipinski definition) is 2. The Balaban J connectivity index is 1.17. The highest BCUT2D eigenvalue weighted by Gasteiger charge is 2.45. The zero-order valence-corrected chi connectivity index (χ0v) is 19.5.